The number of anilines is 3. The van der Waals surface area contributed by atoms with Crippen molar-refractivity contribution < 1.29 is 14.8 Å². The first-order valence-electron chi connectivity index (χ1n) is 9.24. The second-order valence-corrected chi connectivity index (χ2v) is 7.71. The molecule has 0 aliphatic heterocycles. The summed E-state index contributed by atoms with van der Waals surface area (Å²) in [6.07, 6.45) is 0. The van der Waals surface area contributed by atoms with E-state index in [0.717, 1.165) is 21.5 Å². The molecule has 0 saturated carbocycles. The molecule has 3 aromatic carbocycles. The molecule has 0 spiro atoms. The average Bonchev–Trinajstić information content (AvgIpc) is 3.23. The standard InChI is InChI=1S/C23H19N3O3S/c1-25(19-13-12-16-14-21(22(27)24-29)30-20(16)15-19)23(28)26(17-8-4-2-5-9-17)18-10-6-3-7-11-18/h2-15,29H,1H3,(H,24,27). The molecule has 1 heterocycles. The van der Waals surface area contributed by atoms with Gasteiger partial charge in [-0.3, -0.25) is 19.8 Å². The van der Waals surface area contributed by atoms with Crippen LogP contribution in [0.1, 0.15) is 9.67 Å². The molecular weight excluding hydrogens is 398 g/mol. The van der Waals surface area contributed by atoms with Crippen LogP contribution in [0, 0.1) is 0 Å². The fourth-order valence-corrected chi connectivity index (χ4v) is 4.17. The van der Waals surface area contributed by atoms with Gasteiger partial charge in [-0.25, -0.2) is 10.3 Å². The zero-order chi connectivity index (χ0) is 21.1. The van der Waals surface area contributed by atoms with Gasteiger partial charge in [-0.2, -0.15) is 0 Å². The van der Waals surface area contributed by atoms with E-state index >= 15 is 0 Å². The van der Waals surface area contributed by atoms with E-state index in [9.17, 15) is 9.59 Å². The Bertz CT molecular complexity index is 1150. The van der Waals surface area contributed by atoms with E-state index in [4.69, 9.17) is 5.21 Å². The van der Waals surface area contributed by atoms with Crippen LogP contribution >= 0.6 is 11.3 Å². The largest absolute Gasteiger partial charge is 0.333 e. The number of rotatable bonds is 4. The quantitative estimate of drug-likeness (QED) is 0.344. The number of amides is 3. The third kappa shape index (κ3) is 3.76. The second-order valence-electron chi connectivity index (χ2n) is 6.62. The molecular formula is C23H19N3O3S. The maximum atomic E-state index is 13.5. The van der Waals surface area contributed by atoms with Crippen molar-refractivity contribution in [3.05, 3.63) is 89.8 Å². The molecule has 150 valence electrons. The van der Waals surface area contributed by atoms with Crippen LogP contribution in [0.4, 0.5) is 21.9 Å². The predicted molar refractivity (Wildman–Crippen MR) is 120 cm³/mol. The Morgan fingerprint density at radius 2 is 1.43 bits per heavy atom. The number of hydrogen-bond acceptors (Lipinski definition) is 4. The molecule has 0 unspecified atom stereocenters. The first-order valence-corrected chi connectivity index (χ1v) is 10.1. The van der Waals surface area contributed by atoms with Gasteiger partial charge in [0.1, 0.15) is 0 Å². The molecule has 4 rings (SSSR count). The van der Waals surface area contributed by atoms with Gasteiger partial charge in [0.25, 0.3) is 5.91 Å². The molecule has 0 saturated heterocycles. The summed E-state index contributed by atoms with van der Waals surface area (Å²) in [5.41, 5.74) is 3.87. The number of nitrogens with one attached hydrogen (secondary N) is 1. The van der Waals surface area contributed by atoms with E-state index in [-0.39, 0.29) is 6.03 Å². The SMILES string of the molecule is CN(C(=O)N(c1ccccc1)c1ccccc1)c1ccc2cc(C(=O)NO)sc2c1. The van der Waals surface area contributed by atoms with Gasteiger partial charge in [-0.1, -0.05) is 42.5 Å². The van der Waals surface area contributed by atoms with E-state index in [1.165, 1.54) is 11.3 Å². The van der Waals surface area contributed by atoms with Crippen LogP contribution in [0.3, 0.4) is 0 Å². The van der Waals surface area contributed by atoms with Crippen LogP contribution in [-0.2, 0) is 0 Å². The summed E-state index contributed by atoms with van der Waals surface area (Å²) < 4.78 is 0.844. The summed E-state index contributed by atoms with van der Waals surface area (Å²) in [6, 6.07) is 26.0. The molecule has 0 atom stereocenters. The molecule has 0 fully saturated rings. The van der Waals surface area contributed by atoms with Gasteiger partial charge < -0.3 is 0 Å². The van der Waals surface area contributed by atoms with Crippen LogP contribution in [-0.4, -0.2) is 24.2 Å². The minimum atomic E-state index is -0.554. The van der Waals surface area contributed by atoms with Crippen molar-refractivity contribution >= 4 is 50.4 Å². The van der Waals surface area contributed by atoms with Crippen LogP contribution in [0.15, 0.2) is 84.9 Å². The van der Waals surface area contributed by atoms with Crippen molar-refractivity contribution in [2.45, 2.75) is 0 Å². The Morgan fingerprint density at radius 3 is 2.00 bits per heavy atom. The number of fused-ring (bicyclic) bond motifs is 1. The van der Waals surface area contributed by atoms with Crippen molar-refractivity contribution in [1.82, 2.24) is 5.48 Å². The number of para-hydroxylation sites is 2. The number of hydrogen-bond donors (Lipinski definition) is 2. The molecule has 30 heavy (non-hydrogen) atoms. The van der Waals surface area contributed by atoms with Gasteiger partial charge in [0, 0.05) is 17.4 Å². The monoisotopic (exact) mass is 417 g/mol. The highest BCUT2D eigenvalue weighted by atomic mass is 32.1. The zero-order valence-electron chi connectivity index (χ0n) is 16.1. The normalized spacial score (nSPS) is 10.6. The second kappa shape index (κ2) is 8.36. The highest BCUT2D eigenvalue weighted by Gasteiger charge is 2.23. The number of benzene rings is 3. The van der Waals surface area contributed by atoms with Crippen LogP contribution < -0.4 is 15.3 Å². The predicted octanol–water partition coefficient (Wildman–Crippen LogP) is 5.41. The first kappa shape index (κ1) is 19.6. The number of nitrogens with zero attached hydrogens (tertiary/aromatic N) is 2. The lowest BCUT2D eigenvalue weighted by Gasteiger charge is -2.28. The summed E-state index contributed by atoms with van der Waals surface area (Å²) in [5.74, 6) is -0.554. The van der Waals surface area contributed by atoms with Crippen molar-refractivity contribution in [3.8, 4) is 0 Å². The van der Waals surface area contributed by atoms with Crippen LogP contribution in [0.2, 0.25) is 0 Å². The number of urea groups is 1. The van der Waals surface area contributed by atoms with Gasteiger partial charge in [0.05, 0.1) is 16.3 Å². The summed E-state index contributed by atoms with van der Waals surface area (Å²) >= 11 is 1.25. The molecule has 7 heteroatoms. The fraction of sp³-hybridized carbons (Fsp3) is 0.0435. The Labute approximate surface area is 177 Å². The summed E-state index contributed by atoms with van der Waals surface area (Å²) in [4.78, 5) is 28.8. The highest BCUT2D eigenvalue weighted by Crippen LogP contribution is 2.32. The Morgan fingerprint density at radius 1 is 0.833 bits per heavy atom. The number of thiophene rings is 1. The highest BCUT2D eigenvalue weighted by molar-refractivity contribution is 7.20. The van der Waals surface area contributed by atoms with Crippen molar-refractivity contribution in [3.63, 3.8) is 0 Å². The maximum absolute atomic E-state index is 13.5. The van der Waals surface area contributed by atoms with Gasteiger partial charge >= 0.3 is 6.03 Å². The van der Waals surface area contributed by atoms with Crippen molar-refractivity contribution in [1.29, 1.82) is 0 Å². The van der Waals surface area contributed by atoms with E-state index in [1.54, 1.807) is 28.4 Å². The summed E-state index contributed by atoms with van der Waals surface area (Å²) in [7, 11) is 1.72. The third-order valence-corrected chi connectivity index (χ3v) is 5.82. The topological polar surface area (TPSA) is 72.9 Å². The Hall–Kier alpha value is -3.68. The maximum Gasteiger partial charge on any atom is 0.333 e. The Kier molecular flexibility index (Phi) is 5.47. The van der Waals surface area contributed by atoms with Gasteiger partial charge in [-0.15, -0.1) is 11.3 Å². The molecule has 3 amide bonds. The number of carbonyl (C=O) groups excluding carboxylic acids is 2. The lowest BCUT2D eigenvalue weighted by atomic mass is 10.2. The minimum Gasteiger partial charge on any atom is -0.297 e. The molecule has 4 aromatic rings. The van der Waals surface area contributed by atoms with E-state index in [2.05, 4.69) is 0 Å². The molecule has 0 radical (unpaired) electrons. The Balaban J connectivity index is 1.70. The van der Waals surface area contributed by atoms with Crippen LogP contribution in [0.25, 0.3) is 10.1 Å². The number of carbonyl (C=O) groups is 2. The van der Waals surface area contributed by atoms with Gasteiger partial charge in [0.15, 0.2) is 0 Å². The van der Waals surface area contributed by atoms with Crippen LogP contribution in [0.5, 0.6) is 0 Å². The third-order valence-electron chi connectivity index (χ3n) is 4.72. The van der Waals surface area contributed by atoms with E-state index in [1.807, 2.05) is 78.9 Å². The lowest BCUT2D eigenvalue weighted by molar-refractivity contribution is 0.0711. The molecule has 6 nitrogen and oxygen atoms in total. The van der Waals surface area contributed by atoms with Gasteiger partial charge in [0.2, 0.25) is 0 Å². The minimum absolute atomic E-state index is 0.211. The summed E-state index contributed by atoms with van der Waals surface area (Å²) in [6.45, 7) is 0. The molecule has 1 aromatic heterocycles. The fourth-order valence-electron chi connectivity index (χ4n) is 3.18. The number of hydroxylamine groups is 1. The smallest absolute Gasteiger partial charge is 0.297 e. The molecule has 0 aliphatic carbocycles. The van der Waals surface area contributed by atoms with E-state index in [0.29, 0.717) is 10.6 Å². The molecule has 2 N–H and O–H groups in total. The van der Waals surface area contributed by atoms with E-state index < -0.39 is 5.91 Å². The van der Waals surface area contributed by atoms with Gasteiger partial charge in [-0.05, 0) is 47.9 Å². The van der Waals surface area contributed by atoms with Crippen molar-refractivity contribution in [2.75, 3.05) is 16.8 Å². The lowest BCUT2D eigenvalue weighted by Crippen LogP contribution is -2.38. The average molecular weight is 417 g/mol. The summed E-state index contributed by atoms with van der Waals surface area (Å²) in [5, 5.41) is 9.72. The molecule has 0 aliphatic rings. The molecule has 0 bridgehead atoms. The first-order chi connectivity index (χ1) is 14.6. The zero-order valence-corrected chi connectivity index (χ0v) is 17.0. The van der Waals surface area contributed by atoms with Crippen molar-refractivity contribution in [2.24, 2.45) is 0 Å².